The van der Waals surface area contributed by atoms with Crippen molar-refractivity contribution in [3.05, 3.63) is 29.3 Å². The molecule has 0 spiro atoms. The summed E-state index contributed by atoms with van der Waals surface area (Å²) in [7, 11) is 1.73. The number of fused-ring (bicyclic) bond motifs is 1. The highest BCUT2D eigenvalue weighted by Crippen LogP contribution is 2.25. The summed E-state index contributed by atoms with van der Waals surface area (Å²) in [5.74, 6) is 0.780. The quantitative estimate of drug-likeness (QED) is 0.618. The standard InChI is InChI=1S/C13H17ClO3S/c14-18(15,16)9-3-8-17-13-7-6-11-4-1-2-5-12(11)10-13/h6-7,10H,1-5,8-9H2. The zero-order chi connectivity index (χ0) is 13.0. The summed E-state index contributed by atoms with van der Waals surface area (Å²) in [6.07, 6.45) is 5.19. The lowest BCUT2D eigenvalue weighted by Gasteiger charge is -2.16. The van der Waals surface area contributed by atoms with E-state index in [4.69, 9.17) is 15.4 Å². The van der Waals surface area contributed by atoms with E-state index in [-0.39, 0.29) is 5.75 Å². The smallest absolute Gasteiger partial charge is 0.232 e. The van der Waals surface area contributed by atoms with Gasteiger partial charge in [0.25, 0.3) is 0 Å². The number of ether oxygens (including phenoxy) is 1. The minimum atomic E-state index is -3.40. The van der Waals surface area contributed by atoms with Gasteiger partial charge in [0.05, 0.1) is 12.4 Å². The summed E-state index contributed by atoms with van der Waals surface area (Å²) in [6, 6.07) is 6.14. The molecular weight excluding hydrogens is 272 g/mol. The Labute approximate surface area is 113 Å². The van der Waals surface area contributed by atoms with E-state index >= 15 is 0 Å². The lowest BCUT2D eigenvalue weighted by molar-refractivity contribution is 0.317. The highest BCUT2D eigenvalue weighted by molar-refractivity contribution is 8.13. The lowest BCUT2D eigenvalue weighted by Crippen LogP contribution is -2.06. The van der Waals surface area contributed by atoms with Crippen LogP contribution in [0.5, 0.6) is 5.75 Å². The molecule has 0 atom stereocenters. The first-order valence-electron chi connectivity index (χ1n) is 6.21. The van der Waals surface area contributed by atoms with Crippen LogP contribution in [0.4, 0.5) is 0 Å². The van der Waals surface area contributed by atoms with Crippen molar-refractivity contribution in [3.8, 4) is 5.75 Å². The van der Waals surface area contributed by atoms with E-state index in [1.54, 1.807) is 0 Å². The molecule has 0 amide bonds. The minimum Gasteiger partial charge on any atom is -0.494 e. The van der Waals surface area contributed by atoms with E-state index in [0.717, 1.165) is 18.6 Å². The summed E-state index contributed by atoms with van der Waals surface area (Å²) in [5, 5.41) is 0. The van der Waals surface area contributed by atoms with Gasteiger partial charge in [-0.15, -0.1) is 0 Å². The van der Waals surface area contributed by atoms with Crippen molar-refractivity contribution >= 4 is 19.7 Å². The first kappa shape index (κ1) is 13.7. The van der Waals surface area contributed by atoms with E-state index in [0.29, 0.717) is 13.0 Å². The van der Waals surface area contributed by atoms with E-state index in [9.17, 15) is 8.42 Å². The van der Waals surface area contributed by atoms with Crippen LogP contribution in [0.15, 0.2) is 18.2 Å². The van der Waals surface area contributed by atoms with E-state index in [1.165, 1.54) is 24.0 Å². The van der Waals surface area contributed by atoms with Crippen molar-refractivity contribution in [2.24, 2.45) is 0 Å². The Hall–Kier alpha value is -0.740. The maximum absolute atomic E-state index is 10.7. The monoisotopic (exact) mass is 288 g/mol. The van der Waals surface area contributed by atoms with Crippen LogP contribution < -0.4 is 4.74 Å². The lowest BCUT2D eigenvalue weighted by atomic mass is 9.92. The molecule has 0 heterocycles. The summed E-state index contributed by atoms with van der Waals surface area (Å²) in [5.41, 5.74) is 2.78. The summed E-state index contributed by atoms with van der Waals surface area (Å²) in [4.78, 5) is 0. The predicted octanol–water partition coefficient (Wildman–Crippen LogP) is 2.90. The molecule has 0 unspecified atom stereocenters. The predicted molar refractivity (Wildman–Crippen MR) is 72.8 cm³/mol. The fourth-order valence-corrected chi connectivity index (χ4v) is 3.01. The molecule has 0 bridgehead atoms. The Morgan fingerprint density at radius 1 is 1.17 bits per heavy atom. The summed E-state index contributed by atoms with van der Waals surface area (Å²) < 4.78 is 27.0. The SMILES string of the molecule is O=S(=O)(Cl)CCCOc1ccc2c(c1)CCCC2. The Morgan fingerprint density at radius 3 is 2.61 bits per heavy atom. The summed E-state index contributed by atoms with van der Waals surface area (Å²) in [6.45, 7) is 0.380. The topological polar surface area (TPSA) is 43.4 Å². The first-order valence-corrected chi connectivity index (χ1v) is 8.69. The van der Waals surface area contributed by atoms with Crippen molar-refractivity contribution in [1.29, 1.82) is 0 Å². The van der Waals surface area contributed by atoms with Crippen LogP contribution in [-0.2, 0) is 21.9 Å². The van der Waals surface area contributed by atoms with Crippen LogP contribution in [0.25, 0.3) is 0 Å². The van der Waals surface area contributed by atoms with E-state index in [1.807, 2.05) is 6.07 Å². The highest BCUT2D eigenvalue weighted by Gasteiger charge is 2.10. The molecule has 0 fully saturated rings. The second-order valence-electron chi connectivity index (χ2n) is 4.58. The molecule has 0 saturated carbocycles. The Bertz CT molecular complexity index is 511. The molecule has 0 aliphatic heterocycles. The van der Waals surface area contributed by atoms with Crippen LogP contribution in [0.2, 0.25) is 0 Å². The fraction of sp³-hybridized carbons (Fsp3) is 0.538. The van der Waals surface area contributed by atoms with Crippen LogP contribution in [-0.4, -0.2) is 20.8 Å². The van der Waals surface area contributed by atoms with Crippen LogP contribution in [0, 0.1) is 0 Å². The third-order valence-electron chi connectivity index (χ3n) is 3.12. The minimum absolute atomic E-state index is 0.0422. The fourth-order valence-electron chi connectivity index (χ4n) is 2.22. The Kier molecular flexibility index (Phi) is 4.51. The molecule has 100 valence electrons. The molecular formula is C13H17ClO3S. The van der Waals surface area contributed by atoms with Crippen LogP contribution >= 0.6 is 10.7 Å². The summed E-state index contributed by atoms with van der Waals surface area (Å²) >= 11 is 0. The van der Waals surface area contributed by atoms with Crippen LogP contribution in [0.3, 0.4) is 0 Å². The Morgan fingerprint density at radius 2 is 1.89 bits per heavy atom. The first-order chi connectivity index (χ1) is 8.54. The number of halogens is 1. The van der Waals surface area contributed by atoms with E-state index < -0.39 is 9.05 Å². The molecule has 3 nitrogen and oxygen atoms in total. The zero-order valence-corrected chi connectivity index (χ0v) is 11.8. The molecule has 1 aromatic carbocycles. The second kappa shape index (κ2) is 5.93. The molecule has 0 aromatic heterocycles. The van der Waals surface area contributed by atoms with Gasteiger partial charge in [-0.25, -0.2) is 8.42 Å². The molecule has 5 heteroatoms. The van der Waals surface area contributed by atoms with Gasteiger partial charge >= 0.3 is 0 Å². The van der Waals surface area contributed by atoms with Gasteiger partial charge in [-0.1, -0.05) is 6.07 Å². The molecule has 0 N–H and O–H groups in total. The van der Waals surface area contributed by atoms with Crippen molar-refractivity contribution in [3.63, 3.8) is 0 Å². The third kappa shape index (κ3) is 4.18. The second-order valence-corrected chi connectivity index (χ2v) is 7.48. The van der Waals surface area contributed by atoms with E-state index in [2.05, 4.69) is 12.1 Å². The number of rotatable bonds is 5. The van der Waals surface area contributed by atoms with Crippen LogP contribution in [0.1, 0.15) is 30.4 Å². The van der Waals surface area contributed by atoms with Gasteiger partial charge in [-0.3, -0.25) is 0 Å². The average Bonchev–Trinajstić information content (AvgIpc) is 2.33. The molecule has 2 rings (SSSR count). The zero-order valence-electron chi connectivity index (χ0n) is 10.2. The van der Waals surface area contributed by atoms with Crippen molar-refractivity contribution in [2.75, 3.05) is 12.4 Å². The molecule has 1 aliphatic rings. The maximum Gasteiger partial charge on any atom is 0.232 e. The van der Waals surface area contributed by atoms with Gasteiger partial charge in [0.2, 0.25) is 9.05 Å². The average molecular weight is 289 g/mol. The molecule has 0 saturated heterocycles. The van der Waals surface area contributed by atoms with Crippen molar-refractivity contribution in [1.82, 2.24) is 0 Å². The van der Waals surface area contributed by atoms with Gasteiger partial charge in [0, 0.05) is 10.7 Å². The van der Waals surface area contributed by atoms with Crippen molar-refractivity contribution < 1.29 is 13.2 Å². The van der Waals surface area contributed by atoms with Gasteiger partial charge in [0.15, 0.2) is 0 Å². The Balaban J connectivity index is 1.86. The van der Waals surface area contributed by atoms with Gasteiger partial charge in [-0.05, 0) is 55.4 Å². The molecule has 18 heavy (non-hydrogen) atoms. The number of hydrogen-bond donors (Lipinski definition) is 0. The number of benzene rings is 1. The normalized spacial score (nSPS) is 15.2. The van der Waals surface area contributed by atoms with Gasteiger partial charge in [-0.2, -0.15) is 0 Å². The largest absolute Gasteiger partial charge is 0.494 e. The molecule has 0 radical (unpaired) electrons. The van der Waals surface area contributed by atoms with Gasteiger partial charge < -0.3 is 4.74 Å². The van der Waals surface area contributed by atoms with Crippen molar-refractivity contribution in [2.45, 2.75) is 32.1 Å². The highest BCUT2D eigenvalue weighted by atomic mass is 35.7. The molecule has 1 aliphatic carbocycles. The van der Waals surface area contributed by atoms with Gasteiger partial charge in [0.1, 0.15) is 5.75 Å². The number of hydrogen-bond acceptors (Lipinski definition) is 3. The third-order valence-corrected chi connectivity index (χ3v) is 4.36. The number of aryl methyl sites for hydroxylation is 2. The molecule has 1 aromatic rings. The maximum atomic E-state index is 10.7.